The van der Waals surface area contributed by atoms with E-state index in [0.717, 1.165) is 20.3 Å². The van der Waals surface area contributed by atoms with Gasteiger partial charge in [-0.15, -0.1) is 0 Å². The Morgan fingerprint density at radius 2 is 1.94 bits per heavy atom. The van der Waals surface area contributed by atoms with E-state index in [-0.39, 0.29) is 0 Å². The fourth-order valence-corrected chi connectivity index (χ4v) is 2.53. The summed E-state index contributed by atoms with van der Waals surface area (Å²) in [6, 6.07) is 9.61. The van der Waals surface area contributed by atoms with Crippen molar-refractivity contribution in [3.8, 4) is 0 Å². The van der Waals surface area contributed by atoms with Gasteiger partial charge in [0.2, 0.25) is 0 Å². The van der Waals surface area contributed by atoms with Gasteiger partial charge < -0.3 is 11.1 Å². The van der Waals surface area contributed by atoms with Gasteiger partial charge in [-0.3, -0.25) is 0 Å². The minimum atomic E-state index is 0.630. The Bertz CT molecular complexity index is 555. The van der Waals surface area contributed by atoms with Crippen molar-refractivity contribution in [2.45, 2.75) is 6.92 Å². The quantitative estimate of drug-likeness (QED) is 0.846. The van der Waals surface area contributed by atoms with Crippen LogP contribution in [0.5, 0.6) is 0 Å². The number of nitrogens with one attached hydrogen (secondary N) is 1. The van der Waals surface area contributed by atoms with Crippen LogP contribution in [0.25, 0.3) is 0 Å². The molecule has 1 aromatic heterocycles. The fraction of sp³-hybridized carbons (Fsp3) is 0.0833. The zero-order valence-electron chi connectivity index (χ0n) is 9.17. The Hall–Kier alpha value is -1.07. The lowest BCUT2D eigenvalue weighted by atomic mass is 10.3. The molecule has 0 saturated heterocycles. The lowest BCUT2D eigenvalue weighted by molar-refractivity contribution is 1.20. The second-order valence-electron chi connectivity index (χ2n) is 3.64. The summed E-state index contributed by atoms with van der Waals surface area (Å²) in [6.45, 7) is 1.93. The van der Waals surface area contributed by atoms with Crippen LogP contribution in [-0.2, 0) is 0 Å². The van der Waals surface area contributed by atoms with Crippen LogP contribution in [0.2, 0.25) is 0 Å². The Morgan fingerprint density at radius 1 is 1.18 bits per heavy atom. The number of hydrogen-bond donors (Lipinski definition) is 2. The first-order valence-corrected chi connectivity index (χ1v) is 6.60. The van der Waals surface area contributed by atoms with E-state index < -0.39 is 0 Å². The number of halogens is 2. The first-order chi connectivity index (χ1) is 8.06. The van der Waals surface area contributed by atoms with Crippen molar-refractivity contribution < 1.29 is 0 Å². The molecule has 0 unspecified atom stereocenters. The molecule has 2 aromatic rings. The van der Waals surface area contributed by atoms with Gasteiger partial charge in [-0.05, 0) is 53.2 Å². The van der Waals surface area contributed by atoms with Crippen molar-refractivity contribution in [3.63, 3.8) is 0 Å². The molecule has 0 bridgehead atoms. The molecule has 0 amide bonds. The van der Waals surface area contributed by atoms with Crippen LogP contribution in [0, 0.1) is 6.92 Å². The van der Waals surface area contributed by atoms with Crippen LogP contribution in [0.15, 0.2) is 39.3 Å². The first kappa shape index (κ1) is 12.4. The molecule has 0 radical (unpaired) electrons. The fourth-order valence-electron chi connectivity index (χ4n) is 1.39. The monoisotopic (exact) mass is 355 g/mol. The standard InChI is InChI=1S/C12H11Br2N3/c1-7-2-4-10(15)12(16-7)17-11-5-3-8(13)6-9(11)14/h2-6H,15H2,1H3,(H,16,17). The second kappa shape index (κ2) is 5.06. The van der Waals surface area contributed by atoms with Crippen molar-refractivity contribution in [2.75, 3.05) is 11.1 Å². The third-order valence-electron chi connectivity index (χ3n) is 2.25. The van der Waals surface area contributed by atoms with Crippen LogP contribution in [-0.4, -0.2) is 4.98 Å². The maximum atomic E-state index is 5.87. The molecule has 5 heteroatoms. The Balaban J connectivity index is 2.34. The van der Waals surface area contributed by atoms with Gasteiger partial charge in [-0.25, -0.2) is 4.98 Å². The summed E-state index contributed by atoms with van der Waals surface area (Å²) in [5, 5.41) is 3.20. The summed E-state index contributed by atoms with van der Waals surface area (Å²) in [5.74, 6) is 0.674. The van der Waals surface area contributed by atoms with Crippen LogP contribution in [0.4, 0.5) is 17.2 Å². The van der Waals surface area contributed by atoms with Gasteiger partial charge in [0, 0.05) is 14.6 Å². The zero-order valence-corrected chi connectivity index (χ0v) is 12.3. The number of anilines is 3. The van der Waals surface area contributed by atoms with Gasteiger partial charge in [-0.1, -0.05) is 15.9 Å². The highest BCUT2D eigenvalue weighted by Crippen LogP contribution is 2.29. The third-order valence-corrected chi connectivity index (χ3v) is 3.40. The second-order valence-corrected chi connectivity index (χ2v) is 5.41. The minimum absolute atomic E-state index is 0.630. The van der Waals surface area contributed by atoms with Crippen LogP contribution < -0.4 is 11.1 Å². The number of nitrogen functional groups attached to an aromatic ring is 1. The van der Waals surface area contributed by atoms with E-state index >= 15 is 0 Å². The summed E-state index contributed by atoms with van der Waals surface area (Å²) in [5.41, 5.74) is 8.35. The van der Waals surface area contributed by atoms with E-state index in [0.29, 0.717) is 11.5 Å². The number of nitrogens with two attached hydrogens (primary N) is 1. The van der Waals surface area contributed by atoms with Crippen LogP contribution >= 0.6 is 31.9 Å². The van der Waals surface area contributed by atoms with Gasteiger partial charge in [-0.2, -0.15) is 0 Å². The molecule has 0 aliphatic carbocycles. The largest absolute Gasteiger partial charge is 0.396 e. The van der Waals surface area contributed by atoms with E-state index in [1.165, 1.54) is 0 Å². The molecule has 3 N–H and O–H groups in total. The van der Waals surface area contributed by atoms with Crippen LogP contribution in [0.3, 0.4) is 0 Å². The van der Waals surface area contributed by atoms with E-state index in [4.69, 9.17) is 5.73 Å². The first-order valence-electron chi connectivity index (χ1n) is 5.01. The van der Waals surface area contributed by atoms with E-state index in [1.54, 1.807) is 0 Å². The number of aromatic nitrogens is 1. The predicted molar refractivity (Wildman–Crippen MR) is 78.5 cm³/mol. The Morgan fingerprint density at radius 3 is 2.65 bits per heavy atom. The normalized spacial score (nSPS) is 10.3. The molecule has 0 atom stereocenters. The summed E-state index contributed by atoms with van der Waals surface area (Å²) >= 11 is 6.90. The molecule has 1 heterocycles. The van der Waals surface area contributed by atoms with Gasteiger partial charge in [0.1, 0.15) is 0 Å². The molecule has 17 heavy (non-hydrogen) atoms. The topological polar surface area (TPSA) is 50.9 Å². The maximum Gasteiger partial charge on any atom is 0.153 e. The third kappa shape index (κ3) is 2.98. The van der Waals surface area contributed by atoms with Crippen molar-refractivity contribution in [1.82, 2.24) is 4.98 Å². The molecular formula is C12H11Br2N3. The van der Waals surface area contributed by atoms with Gasteiger partial charge in [0.15, 0.2) is 5.82 Å². The summed E-state index contributed by atoms with van der Waals surface area (Å²) in [6.07, 6.45) is 0. The molecule has 0 aliphatic rings. The number of pyridine rings is 1. The molecule has 0 aliphatic heterocycles. The Kier molecular flexibility index (Phi) is 3.69. The van der Waals surface area contributed by atoms with Gasteiger partial charge in [0.05, 0.1) is 11.4 Å². The average Bonchev–Trinajstić information content (AvgIpc) is 2.27. The Labute approximate surface area is 117 Å². The predicted octanol–water partition coefficient (Wildman–Crippen LogP) is 4.24. The van der Waals surface area contributed by atoms with Crippen molar-refractivity contribution in [3.05, 3.63) is 45.0 Å². The average molecular weight is 357 g/mol. The van der Waals surface area contributed by atoms with Crippen molar-refractivity contribution >= 4 is 49.1 Å². The molecule has 0 saturated carbocycles. The highest BCUT2D eigenvalue weighted by Gasteiger charge is 2.05. The smallest absolute Gasteiger partial charge is 0.153 e. The molecule has 0 fully saturated rings. The molecule has 1 aromatic carbocycles. The number of rotatable bonds is 2. The summed E-state index contributed by atoms with van der Waals surface area (Å²) in [7, 11) is 0. The molecule has 2 rings (SSSR count). The van der Waals surface area contributed by atoms with Crippen LogP contribution in [0.1, 0.15) is 5.69 Å². The summed E-state index contributed by atoms with van der Waals surface area (Å²) < 4.78 is 1.97. The SMILES string of the molecule is Cc1ccc(N)c(Nc2ccc(Br)cc2Br)n1. The summed E-state index contributed by atoms with van der Waals surface area (Å²) in [4.78, 5) is 4.36. The van der Waals surface area contributed by atoms with E-state index in [1.807, 2.05) is 37.3 Å². The minimum Gasteiger partial charge on any atom is -0.396 e. The van der Waals surface area contributed by atoms with Crippen molar-refractivity contribution in [1.29, 1.82) is 0 Å². The van der Waals surface area contributed by atoms with E-state index in [2.05, 4.69) is 42.2 Å². The maximum absolute atomic E-state index is 5.87. The molecule has 88 valence electrons. The van der Waals surface area contributed by atoms with E-state index in [9.17, 15) is 0 Å². The highest BCUT2D eigenvalue weighted by molar-refractivity contribution is 9.11. The number of aryl methyl sites for hydroxylation is 1. The molecular weight excluding hydrogens is 346 g/mol. The number of benzene rings is 1. The lowest BCUT2D eigenvalue weighted by Crippen LogP contribution is -2.00. The van der Waals surface area contributed by atoms with Gasteiger partial charge in [0.25, 0.3) is 0 Å². The lowest BCUT2D eigenvalue weighted by Gasteiger charge is -2.10. The number of nitrogens with zero attached hydrogens (tertiary/aromatic N) is 1. The molecule has 3 nitrogen and oxygen atoms in total. The van der Waals surface area contributed by atoms with Gasteiger partial charge >= 0.3 is 0 Å². The zero-order chi connectivity index (χ0) is 12.4. The highest BCUT2D eigenvalue weighted by atomic mass is 79.9. The number of hydrogen-bond acceptors (Lipinski definition) is 3. The van der Waals surface area contributed by atoms with Crippen molar-refractivity contribution in [2.24, 2.45) is 0 Å². The molecule has 0 spiro atoms.